The summed E-state index contributed by atoms with van der Waals surface area (Å²) in [6.45, 7) is 6.83. The minimum atomic E-state index is -2.73. The number of halogens is 2. The lowest BCUT2D eigenvalue weighted by Crippen LogP contribution is -2.34. The van der Waals surface area contributed by atoms with Gasteiger partial charge < -0.3 is 19.4 Å². The largest absolute Gasteiger partial charge is 0.677 e. The van der Waals surface area contributed by atoms with Gasteiger partial charge in [-0.05, 0) is 56.5 Å². The molecule has 6 rings (SSSR count). The van der Waals surface area contributed by atoms with Gasteiger partial charge in [0.1, 0.15) is 18.0 Å². The van der Waals surface area contributed by atoms with Crippen molar-refractivity contribution >= 4 is 18.7 Å². The third kappa shape index (κ3) is 5.72. The van der Waals surface area contributed by atoms with Gasteiger partial charge in [0.15, 0.2) is 0 Å². The first-order valence-electron chi connectivity index (χ1n) is 14.7. The molecule has 0 saturated carbocycles. The number of aromatic amines is 1. The molecule has 1 saturated heterocycles. The van der Waals surface area contributed by atoms with Crippen LogP contribution in [0.4, 0.5) is 8.63 Å². The number of benzene rings is 1. The zero-order valence-electron chi connectivity index (χ0n) is 25.6. The smallest absolute Gasteiger partial charge is 0.394 e. The van der Waals surface area contributed by atoms with Crippen molar-refractivity contribution in [2.75, 3.05) is 6.61 Å². The molecule has 1 fully saturated rings. The Morgan fingerprint density at radius 1 is 1.13 bits per heavy atom. The number of ether oxygens (including phenoxy) is 1. The summed E-state index contributed by atoms with van der Waals surface area (Å²) in [6, 6.07) is 9.05. The third-order valence-corrected chi connectivity index (χ3v) is 8.25. The van der Waals surface area contributed by atoms with E-state index in [4.69, 9.17) is 9.73 Å². The number of aliphatic hydroxyl groups is 2. The van der Waals surface area contributed by atoms with Gasteiger partial charge in [0.2, 0.25) is 0 Å². The van der Waals surface area contributed by atoms with Crippen LogP contribution >= 0.6 is 0 Å². The van der Waals surface area contributed by atoms with Gasteiger partial charge in [0, 0.05) is 40.9 Å². The maximum Gasteiger partial charge on any atom is 0.677 e. The topological polar surface area (TPSA) is 153 Å². The Morgan fingerprint density at radius 3 is 2.50 bits per heavy atom. The van der Waals surface area contributed by atoms with Gasteiger partial charge in [-0.3, -0.25) is 28.0 Å². The van der Waals surface area contributed by atoms with Gasteiger partial charge in [-0.25, -0.2) is 9.48 Å². The summed E-state index contributed by atoms with van der Waals surface area (Å²) >= 11 is 0. The first-order chi connectivity index (χ1) is 21.9. The molecule has 5 heterocycles. The van der Waals surface area contributed by atoms with Crippen LogP contribution < -0.4 is 11.2 Å². The van der Waals surface area contributed by atoms with E-state index in [2.05, 4.69) is 15.3 Å². The fourth-order valence-electron chi connectivity index (χ4n) is 6.10. The van der Waals surface area contributed by atoms with Crippen molar-refractivity contribution in [2.45, 2.75) is 59.1 Å². The highest BCUT2D eigenvalue weighted by molar-refractivity contribution is 6.41. The van der Waals surface area contributed by atoms with Crippen LogP contribution in [0.15, 0.2) is 74.7 Å². The van der Waals surface area contributed by atoms with Crippen molar-refractivity contribution in [3.05, 3.63) is 109 Å². The minimum Gasteiger partial charge on any atom is -0.394 e. The molecule has 12 nitrogen and oxygen atoms in total. The fraction of sp³-hybridized carbons (Fsp3) is 0.323. The van der Waals surface area contributed by atoms with E-state index in [0.29, 0.717) is 45.0 Å². The molecule has 4 aromatic rings. The normalized spacial score (nSPS) is 20.7. The summed E-state index contributed by atoms with van der Waals surface area (Å²) in [6.07, 6.45) is 2.36. The lowest BCUT2D eigenvalue weighted by atomic mass is 9.93. The van der Waals surface area contributed by atoms with Gasteiger partial charge in [0.25, 0.3) is 5.56 Å². The van der Waals surface area contributed by atoms with Crippen LogP contribution in [-0.2, 0) is 11.3 Å². The average molecular weight is 631 g/mol. The number of hydrogen-bond donors (Lipinski definition) is 3. The van der Waals surface area contributed by atoms with Crippen LogP contribution in [0.1, 0.15) is 54.6 Å². The van der Waals surface area contributed by atoms with E-state index in [-0.39, 0.29) is 18.5 Å². The van der Waals surface area contributed by atoms with Crippen LogP contribution in [0.3, 0.4) is 0 Å². The quantitative estimate of drug-likeness (QED) is 0.253. The molecule has 2 aliphatic rings. The summed E-state index contributed by atoms with van der Waals surface area (Å²) in [4.78, 5) is 32.0. The SMILES string of the molecule is CC1=CC(C)=N/C1=C(/c1ccc(-c2cn(Cc3cn([C@H]4C[C@H](O)[C@@H](CO)O4)c(=O)[nH]c3=O)nn2)cc1)c1c(C)cc(C)n1B(F)F. The molecule has 0 aliphatic carbocycles. The highest BCUT2D eigenvalue weighted by Gasteiger charge is 2.35. The molecular formula is C31H32BF2N7O5. The van der Waals surface area contributed by atoms with E-state index < -0.39 is 43.7 Å². The Morgan fingerprint density at radius 2 is 1.87 bits per heavy atom. The number of aliphatic hydroxyl groups excluding tert-OH is 2. The molecule has 1 aromatic carbocycles. The number of hydrogen-bond acceptors (Lipinski definition) is 8. The zero-order valence-corrected chi connectivity index (χ0v) is 25.6. The van der Waals surface area contributed by atoms with Crippen molar-refractivity contribution in [3.8, 4) is 11.3 Å². The zero-order chi connectivity index (χ0) is 32.9. The second kappa shape index (κ2) is 12.2. The third-order valence-electron chi connectivity index (χ3n) is 8.25. The number of H-pyrrole nitrogens is 1. The molecule has 46 heavy (non-hydrogen) atoms. The van der Waals surface area contributed by atoms with Crippen LogP contribution in [0.5, 0.6) is 0 Å². The molecule has 3 N–H and O–H groups in total. The second-order valence-corrected chi connectivity index (χ2v) is 11.6. The number of aromatic nitrogens is 6. The number of nitrogens with one attached hydrogen (secondary N) is 1. The predicted octanol–water partition coefficient (Wildman–Crippen LogP) is 2.85. The molecule has 0 spiro atoms. The molecule has 238 valence electrons. The molecule has 2 aliphatic heterocycles. The van der Waals surface area contributed by atoms with Crippen molar-refractivity contribution in [3.63, 3.8) is 0 Å². The predicted molar refractivity (Wildman–Crippen MR) is 168 cm³/mol. The Labute approximate surface area is 262 Å². The van der Waals surface area contributed by atoms with E-state index >= 15 is 0 Å². The van der Waals surface area contributed by atoms with E-state index in [1.165, 1.54) is 15.4 Å². The molecule has 0 amide bonds. The summed E-state index contributed by atoms with van der Waals surface area (Å²) in [7, 11) is -2.73. The number of rotatable bonds is 8. The van der Waals surface area contributed by atoms with Gasteiger partial charge in [-0.2, -0.15) is 0 Å². The Kier molecular flexibility index (Phi) is 8.31. The maximum absolute atomic E-state index is 14.3. The van der Waals surface area contributed by atoms with Crippen LogP contribution in [0, 0.1) is 13.8 Å². The number of allylic oxidation sites excluding steroid dienone is 2. The molecule has 3 aromatic heterocycles. The van der Waals surface area contributed by atoms with E-state index in [1.807, 2.05) is 51.1 Å². The Hall–Kier alpha value is -4.73. The monoisotopic (exact) mass is 631 g/mol. The van der Waals surface area contributed by atoms with Crippen molar-refractivity contribution < 1.29 is 23.6 Å². The highest BCUT2D eigenvalue weighted by atomic mass is 19.2. The number of aliphatic imine (C=N–C) groups is 1. The van der Waals surface area contributed by atoms with E-state index in [9.17, 15) is 28.4 Å². The standard InChI is InChI=1S/C31H32BF2N7O5/c1-16-9-18(3)35-28(16)27(29-17(2)10-19(4)41(29)32(33)34)21-7-5-20(6-8-21)23-14-39(38-37-23)12-22-13-40(31(45)36-30(22)44)26-11-24(43)25(15-42)46-26/h5-10,13-14,24-26,42-43H,11-12,15H2,1-4H3,(H,36,44,45)/b28-27-/t24-,25+,26+/m0/s1. The lowest BCUT2D eigenvalue weighted by Gasteiger charge is -2.17. The van der Waals surface area contributed by atoms with Crippen molar-refractivity contribution in [2.24, 2.45) is 4.99 Å². The summed E-state index contributed by atoms with van der Waals surface area (Å²) in [5.74, 6) is 0. The van der Waals surface area contributed by atoms with E-state index in [1.54, 1.807) is 19.2 Å². The molecule has 0 radical (unpaired) electrons. The number of aryl methyl sites for hydroxylation is 2. The van der Waals surface area contributed by atoms with Crippen molar-refractivity contribution in [1.82, 2.24) is 29.0 Å². The molecule has 3 atom stereocenters. The second-order valence-electron chi connectivity index (χ2n) is 11.6. The fourth-order valence-corrected chi connectivity index (χ4v) is 6.10. The van der Waals surface area contributed by atoms with Crippen molar-refractivity contribution in [1.29, 1.82) is 0 Å². The average Bonchev–Trinajstić information content (AvgIpc) is 3.77. The van der Waals surface area contributed by atoms with Gasteiger partial charge >= 0.3 is 13.1 Å². The van der Waals surface area contributed by atoms with Crippen LogP contribution in [0.2, 0.25) is 0 Å². The number of nitrogens with zero attached hydrogens (tertiary/aromatic N) is 6. The molecule has 0 unspecified atom stereocenters. The maximum atomic E-state index is 14.3. The summed E-state index contributed by atoms with van der Waals surface area (Å²) in [5, 5.41) is 27.9. The van der Waals surface area contributed by atoms with Gasteiger partial charge in [0.05, 0.1) is 36.7 Å². The van der Waals surface area contributed by atoms with E-state index in [0.717, 1.165) is 15.8 Å². The molecule has 15 heteroatoms. The molecule has 0 bridgehead atoms. The van der Waals surface area contributed by atoms with Crippen LogP contribution in [0.25, 0.3) is 16.8 Å². The highest BCUT2D eigenvalue weighted by Crippen LogP contribution is 2.37. The summed E-state index contributed by atoms with van der Waals surface area (Å²) < 4.78 is 37.8. The first kappa shape index (κ1) is 31.3. The molecular weight excluding hydrogens is 599 g/mol. The summed E-state index contributed by atoms with van der Waals surface area (Å²) in [5.41, 5.74) is 5.30. The lowest BCUT2D eigenvalue weighted by molar-refractivity contribution is -0.0460. The first-order valence-corrected chi connectivity index (χ1v) is 14.7. The minimum absolute atomic E-state index is 0.0120. The Balaban J connectivity index is 1.30. The van der Waals surface area contributed by atoms with Gasteiger partial charge in [-0.1, -0.05) is 29.5 Å². The Bertz CT molecular complexity index is 2020. The van der Waals surface area contributed by atoms with Crippen LogP contribution in [-0.4, -0.2) is 71.2 Å². The van der Waals surface area contributed by atoms with Gasteiger partial charge in [-0.15, -0.1) is 5.10 Å².